The summed E-state index contributed by atoms with van der Waals surface area (Å²) in [5, 5.41) is 3.50. The molecular weight excluding hydrogens is 360 g/mol. The molecule has 0 bridgehead atoms. The number of benzene rings is 1. The molecule has 4 rings (SSSR count). The topological polar surface area (TPSA) is 70.3 Å². The third kappa shape index (κ3) is 5.13. The molecule has 0 aliphatic carbocycles. The first kappa shape index (κ1) is 20.3. The number of nitrogens with one attached hydrogen (secondary N) is 1. The summed E-state index contributed by atoms with van der Waals surface area (Å²) in [5.74, 6) is 1.92. The summed E-state index contributed by atoms with van der Waals surface area (Å²) in [5.41, 5.74) is 10.4. The highest BCUT2D eigenvalue weighted by molar-refractivity contribution is 5.50. The molecule has 0 saturated carbocycles. The largest absolute Gasteiger partial charge is 0.356 e. The van der Waals surface area contributed by atoms with Crippen LogP contribution in [0.1, 0.15) is 54.4 Å². The summed E-state index contributed by atoms with van der Waals surface area (Å²) in [6, 6.07) is 10.3. The van der Waals surface area contributed by atoms with E-state index in [-0.39, 0.29) is 6.04 Å². The van der Waals surface area contributed by atoms with Crippen molar-refractivity contribution in [1.82, 2.24) is 20.2 Å². The van der Waals surface area contributed by atoms with Gasteiger partial charge in [0.15, 0.2) is 0 Å². The van der Waals surface area contributed by atoms with Crippen LogP contribution in [0.3, 0.4) is 0 Å². The number of likely N-dealkylation sites (N-methyl/N-ethyl adjacent to an activating group) is 1. The SMILES string of the molecule is CN(Cc1ccccc1)CC(N)c1nc2c(c(N3CCCCCC3)n1)CNCC2. The Kier molecular flexibility index (Phi) is 6.74. The number of nitrogens with zero attached hydrogens (tertiary/aromatic N) is 4. The van der Waals surface area contributed by atoms with Gasteiger partial charge in [-0.3, -0.25) is 0 Å². The van der Waals surface area contributed by atoms with Crippen molar-refractivity contribution in [3.05, 3.63) is 53.0 Å². The first-order chi connectivity index (χ1) is 14.2. The minimum atomic E-state index is -0.186. The van der Waals surface area contributed by atoms with E-state index < -0.39 is 0 Å². The van der Waals surface area contributed by atoms with Crippen molar-refractivity contribution in [3.63, 3.8) is 0 Å². The van der Waals surface area contributed by atoms with Gasteiger partial charge in [0, 0.05) is 51.3 Å². The van der Waals surface area contributed by atoms with Crippen LogP contribution < -0.4 is 16.0 Å². The molecule has 3 N–H and O–H groups in total. The Bertz CT molecular complexity index is 785. The lowest BCUT2D eigenvalue weighted by Crippen LogP contribution is -2.35. The summed E-state index contributed by atoms with van der Waals surface area (Å²) < 4.78 is 0. The van der Waals surface area contributed by atoms with Gasteiger partial charge < -0.3 is 20.9 Å². The molecule has 1 atom stereocenters. The molecular formula is C23H34N6. The van der Waals surface area contributed by atoms with Crippen LogP contribution in [0.25, 0.3) is 0 Å². The zero-order valence-electron chi connectivity index (χ0n) is 17.6. The zero-order valence-corrected chi connectivity index (χ0v) is 17.6. The number of anilines is 1. The Balaban J connectivity index is 1.53. The van der Waals surface area contributed by atoms with Gasteiger partial charge in [0.05, 0.1) is 11.7 Å². The van der Waals surface area contributed by atoms with Crippen LogP contribution in [0.4, 0.5) is 5.82 Å². The van der Waals surface area contributed by atoms with E-state index in [2.05, 4.69) is 52.5 Å². The summed E-state index contributed by atoms with van der Waals surface area (Å²) in [7, 11) is 2.12. The molecule has 2 aliphatic rings. The van der Waals surface area contributed by atoms with E-state index in [0.717, 1.165) is 57.3 Å². The van der Waals surface area contributed by atoms with Crippen molar-refractivity contribution in [2.45, 2.75) is 51.2 Å². The maximum Gasteiger partial charge on any atom is 0.149 e. The average molecular weight is 395 g/mol. The van der Waals surface area contributed by atoms with E-state index in [4.69, 9.17) is 15.7 Å². The van der Waals surface area contributed by atoms with Crippen LogP contribution in [0, 0.1) is 0 Å². The van der Waals surface area contributed by atoms with Gasteiger partial charge in [-0.25, -0.2) is 9.97 Å². The van der Waals surface area contributed by atoms with Crippen molar-refractivity contribution in [2.75, 3.05) is 38.1 Å². The molecule has 6 heteroatoms. The van der Waals surface area contributed by atoms with E-state index >= 15 is 0 Å². The Labute approximate surface area is 174 Å². The molecule has 2 aromatic rings. The van der Waals surface area contributed by atoms with Crippen LogP contribution in [-0.4, -0.2) is 48.1 Å². The second-order valence-corrected chi connectivity index (χ2v) is 8.45. The van der Waals surface area contributed by atoms with E-state index in [9.17, 15) is 0 Å². The number of nitrogens with two attached hydrogens (primary N) is 1. The van der Waals surface area contributed by atoms with E-state index in [1.165, 1.54) is 42.5 Å². The highest BCUT2D eigenvalue weighted by Crippen LogP contribution is 2.27. The molecule has 0 spiro atoms. The Morgan fingerprint density at radius 2 is 1.86 bits per heavy atom. The van der Waals surface area contributed by atoms with Crippen LogP contribution in [-0.2, 0) is 19.5 Å². The van der Waals surface area contributed by atoms with Crippen molar-refractivity contribution < 1.29 is 0 Å². The van der Waals surface area contributed by atoms with Crippen LogP contribution >= 0.6 is 0 Å². The van der Waals surface area contributed by atoms with Crippen LogP contribution in [0.2, 0.25) is 0 Å². The maximum atomic E-state index is 6.61. The summed E-state index contributed by atoms with van der Waals surface area (Å²) in [6.07, 6.45) is 6.08. The highest BCUT2D eigenvalue weighted by atomic mass is 15.2. The molecule has 1 unspecified atom stereocenters. The standard InChI is InChI=1S/C23H34N6/c1-28(16-18-9-5-4-6-10-18)17-20(24)22-26-21-11-12-25-15-19(21)23(27-22)29-13-7-2-3-8-14-29/h4-6,9-10,20,25H,2-3,7-8,11-17,24H2,1H3. The molecule has 1 aromatic heterocycles. The highest BCUT2D eigenvalue weighted by Gasteiger charge is 2.24. The van der Waals surface area contributed by atoms with Gasteiger partial charge in [0.25, 0.3) is 0 Å². The van der Waals surface area contributed by atoms with E-state index in [1.54, 1.807) is 0 Å². The van der Waals surface area contributed by atoms with Gasteiger partial charge in [-0.05, 0) is 25.5 Å². The molecule has 156 valence electrons. The minimum Gasteiger partial charge on any atom is -0.356 e. The van der Waals surface area contributed by atoms with Crippen molar-refractivity contribution in [2.24, 2.45) is 5.73 Å². The van der Waals surface area contributed by atoms with Gasteiger partial charge in [-0.1, -0.05) is 43.2 Å². The monoisotopic (exact) mass is 394 g/mol. The molecule has 1 fully saturated rings. The third-order valence-electron chi connectivity index (χ3n) is 5.97. The van der Waals surface area contributed by atoms with E-state index in [0.29, 0.717) is 0 Å². The molecule has 0 amide bonds. The van der Waals surface area contributed by atoms with Crippen molar-refractivity contribution in [3.8, 4) is 0 Å². The van der Waals surface area contributed by atoms with Crippen molar-refractivity contribution >= 4 is 5.82 Å². The fraction of sp³-hybridized carbons (Fsp3) is 0.565. The van der Waals surface area contributed by atoms with Gasteiger partial charge in [0.1, 0.15) is 11.6 Å². The van der Waals surface area contributed by atoms with Crippen molar-refractivity contribution in [1.29, 1.82) is 0 Å². The third-order valence-corrected chi connectivity index (χ3v) is 5.97. The summed E-state index contributed by atoms with van der Waals surface area (Å²) in [6.45, 7) is 5.64. The first-order valence-corrected chi connectivity index (χ1v) is 11.0. The number of aromatic nitrogens is 2. The smallest absolute Gasteiger partial charge is 0.149 e. The Morgan fingerprint density at radius 1 is 1.10 bits per heavy atom. The van der Waals surface area contributed by atoms with Gasteiger partial charge in [0.2, 0.25) is 0 Å². The Morgan fingerprint density at radius 3 is 2.62 bits per heavy atom. The molecule has 6 nitrogen and oxygen atoms in total. The predicted molar refractivity (Wildman–Crippen MR) is 118 cm³/mol. The second-order valence-electron chi connectivity index (χ2n) is 8.45. The number of fused-ring (bicyclic) bond motifs is 1. The lowest BCUT2D eigenvalue weighted by molar-refractivity contribution is 0.300. The second kappa shape index (κ2) is 9.65. The predicted octanol–water partition coefficient (Wildman–Crippen LogP) is 2.63. The summed E-state index contributed by atoms with van der Waals surface area (Å²) >= 11 is 0. The van der Waals surface area contributed by atoms with E-state index in [1.807, 2.05) is 0 Å². The molecule has 3 heterocycles. The maximum absolute atomic E-state index is 6.61. The molecule has 1 aromatic carbocycles. The minimum absolute atomic E-state index is 0.186. The van der Waals surface area contributed by atoms with Gasteiger partial charge >= 0.3 is 0 Å². The molecule has 0 radical (unpaired) electrons. The molecule has 29 heavy (non-hydrogen) atoms. The zero-order chi connectivity index (χ0) is 20.1. The lowest BCUT2D eigenvalue weighted by atomic mass is 10.1. The molecule has 2 aliphatic heterocycles. The van der Waals surface area contributed by atoms with Crippen LogP contribution in [0.15, 0.2) is 30.3 Å². The van der Waals surface area contributed by atoms with Crippen LogP contribution in [0.5, 0.6) is 0 Å². The fourth-order valence-electron chi connectivity index (χ4n) is 4.43. The molecule has 1 saturated heterocycles. The fourth-order valence-corrected chi connectivity index (χ4v) is 4.43. The van der Waals surface area contributed by atoms with Gasteiger partial charge in [-0.15, -0.1) is 0 Å². The Hall–Kier alpha value is -2.02. The van der Waals surface area contributed by atoms with Gasteiger partial charge in [-0.2, -0.15) is 0 Å². The lowest BCUT2D eigenvalue weighted by Gasteiger charge is -2.29. The average Bonchev–Trinajstić information content (AvgIpc) is 3.03. The number of rotatable bonds is 6. The normalized spacial score (nSPS) is 18.4. The first-order valence-electron chi connectivity index (χ1n) is 11.0. The summed E-state index contributed by atoms with van der Waals surface area (Å²) in [4.78, 5) is 14.7. The number of hydrogen-bond donors (Lipinski definition) is 2. The quantitative estimate of drug-likeness (QED) is 0.785. The number of hydrogen-bond acceptors (Lipinski definition) is 6.